The Morgan fingerprint density at radius 1 is 1.09 bits per heavy atom. The highest BCUT2D eigenvalue weighted by atomic mass is 32.1. The van der Waals surface area contributed by atoms with Gasteiger partial charge in [-0.3, -0.25) is 19.1 Å². The third-order valence-electron chi connectivity index (χ3n) is 6.65. The smallest absolute Gasteiger partial charge is 0.280 e. The maximum absolute atomic E-state index is 13.0. The minimum Gasteiger partial charge on any atom is -0.350 e. The molecule has 0 spiro atoms. The Balaban J connectivity index is 1.35. The van der Waals surface area contributed by atoms with E-state index in [4.69, 9.17) is 4.98 Å². The van der Waals surface area contributed by atoms with Crippen molar-refractivity contribution in [3.63, 3.8) is 0 Å². The Kier molecular flexibility index (Phi) is 6.41. The molecule has 1 atom stereocenters. The lowest BCUT2D eigenvalue weighted by Crippen LogP contribution is -2.43. The summed E-state index contributed by atoms with van der Waals surface area (Å²) in [4.78, 5) is 40.5. The highest BCUT2D eigenvalue weighted by Crippen LogP contribution is 2.32. The fraction of sp³-hybridized carbons (Fsp3) is 0.500. The van der Waals surface area contributed by atoms with Crippen LogP contribution in [0.4, 0.5) is 5.13 Å². The number of fused-ring (bicyclic) bond motifs is 1. The molecule has 1 unspecified atom stereocenters. The number of thiazole rings is 1. The number of aromatic nitrogens is 3. The van der Waals surface area contributed by atoms with Crippen molar-refractivity contribution in [3.05, 3.63) is 52.1 Å². The van der Waals surface area contributed by atoms with E-state index in [-0.39, 0.29) is 17.5 Å². The average Bonchev–Trinajstić information content (AvgIpc) is 3.49. The van der Waals surface area contributed by atoms with Crippen molar-refractivity contribution >= 4 is 32.7 Å². The number of carbonyl (C=O) groups excluding carboxylic acids is 1. The third kappa shape index (κ3) is 4.65. The molecule has 3 aromatic rings. The van der Waals surface area contributed by atoms with E-state index in [1.807, 2.05) is 35.2 Å². The van der Waals surface area contributed by atoms with Gasteiger partial charge in [-0.2, -0.15) is 0 Å². The van der Waals surface area contributed by atoms with Crippen molar-refractivity contribution in [3.8, 4) is 0 Å². The third-order valence-corrected chi connectivity index (χ3v) is 7.63. The first kappa shape index (κ1) is 22.0. The summed E-state index contributed by atoms with van der Waals surface area (Å²) in [5, 5.41) is 3.77. The van der Waals surface area contributed by atoms with Crippen molar-refractivity contribution in [1.82, 2.24) is 24.8 Å². The summed E-state index contributed by atoms with van der Waals surface area (Å²) in [6.07, 6.45) is 5.37. The summed E-state index contributed by atoms with van der Waals surface area (Å²) in [6.45, 7) is 4.05. The van der Waals surface area contributed by atoms with Gasteiger partial charge in [-0.25, -0.2) is 9.97 Å². The largest absolute Gasteiger partial charge is 0.350 e. The van der Waals surface area contributed by atoms with Gasteiger partial charge in [0.15, 0.2) is 15.5 Å². The van der Waals surface area contributed by atoms with Gasteiger partial charge in [0, 0.05) is 20.1 Å². The first-order valence-corrected chi connectivity index (χ1v) is 12.6. The van der Waals surface area contributed by atoms with Crippen LogP contribution in [0.1, 0.15) is 43.5 Å². The fourth-order valence-electron chi connectivity index (χ4n) is 4.74. The quantitative estimate of drug-likeness (QED) is 0.601. The van der Waals surface area contributed by atoms with Gasteiger partial charge in [0.2, 0.25) is 5.91 Å². The summed E-state index contributed by atoms with van der Waals surface area (Å²) in [7, 11) is 1.78. The Hall–Kier alpha value is -2.78. The summed E-state index contributed by atoms with van der Waals surface area (Å²) in [6, 6.07) is 9.64. The number of nitrogens with zero attached hydrogens (tertiary/aromatic N) is 5. The maximum atomic E-state index is 13.0. The first-order valence-electron chi connectivity index (χ1n) is 11.8. The van der Waals surface area contributed by atoms with Gasteiger partial charge in [-0.05, 0) is 44.3 Å². The molecule has 0 saturated carbocycles. The van der Waals surface area contributed by atoms with Crippen molar-refractivity contribution in [1.29, 1.82) is 0 Å². The number of hydrogen-bond acceptors (Lipinski definition) is 7. The molecule has 5 rings (SSSR count). The van der Waals surface area contributed by atoms with E-state index in [0.717, 1.165) is 43.9 Å². The van der Waals surface area contributed by atoms with Gasteiger partial charge in [0.1, 0.15) is 11.9 Å². The molecule has 0 radical (unpaired) electrons. The fourth-order valence-corrected chi connectivity index (χ4v) is 5.76. The lowest BCUT2D eigenvalue weighted by Gasteiger charge is -2.26. The molecule has 9 heteroatoms. The van der Waals surface area contributed by atoms with Crippen LogP contribution >= 0.6 is 11.3 Å². The number of piperidine rings is 1. The molecule has 2 fully saturated rings. The van der Waals surface area contributed by atoms with E-state index in [1.165, 1.54) is 30.6 Å². The second kappa shape index (κ2) is 9.61. The number of anilines is 1. The molecular weight excluding hydrogens is 436 g/mol. The van der Waals surface area contributed by atoms with Gasteiger partial charge >= 0.3 is 0 Å². The summed E-state index contributed by atoms with van der Waals surface area (Å²) >= 11 is 1.42. The minimum atomic E-state index is -0.272. The second-order valence-corrected chi connectivity index (χ2v) is 9.89. The zero-order valence-corrected chi connectivity index (χ0v) is 19.8. The number of likely N-dealkylation sites (tertiary alicyclic amines) is 1. The molecule has 2 aromatic heterocycles. The van der Waals surface area contributed by atoms with Crippen molar-refractivity contribution < 1.29 is 4.79 Å². The Bertz CT molecular complexity index is 1180. The highest BCUT2D eigenvalue weighted by Gasteiger charge is 2.33. The number of hydrogen-bond donors (Lipinski definition) is 1. The summed E-state index contributed by atoms with van der Waals surface area (Å²) in [5.41, 5.74) is 1.36. The van der Waals surface area contributed by atoms with Gasteiger partial charge < -0.3 is 10.2 Å². The molecule has 0 bridgehead atoms. The lowest BCUT2D eigenvalue weighted by atomic mass is 10.1. The summed E-state index contributed by atoms with van der Waals surface area (Å²) in [5.74, 6) is 0.783. The van der Waals surface area contributed by atoms with Crippen LogP contribution in [-0.2, 0) is 24.9 Å². The number of nitrogens with one attached hydrogen (secondary N) is 1. The Morgan fingerprint density at radius 2 is 1.88 bits per heavy atom. The highest BCUT2D eigenvalue weighted by molar-refractivity contribution is 7.21. The van der Waals surface area contributed by atoms with Crippen LogP contribution in [0.5, 0.6) is 0 Å². The minimum absolute atomic E-state index is 0.00209. The number of amides is 1. The molecule has 0 aliphatic carbocycles. The first-order chi connectivity index (χ1) is 16.1. The summed E-state index contributed by atoms with van der Waals surface area (Å²) < 4.78 is 1.63. The van der Waals surface area contributed by atoms with E-state index in [2.05, 4.69) is 15.2 Å². The molecule has 2 aliphatic heterocycles. The van der Waals surface area contributed by atoms with Gasteiger partial charge in [-0.1, -0.05) is 48.1 Å². The SMILES string of the molecule is Cn1c(CN2CCCCC2)nc2sc(N3CCCC3C(=O)NCc3ccccc3)nc2c1=O. The molecule has 33 heavy (non-hydrogen) atoms. The Labute approximate surface area is 197 Å². The standard InChI is InChI=1S/C24H30N6O2S/c1-28-19(16-29-12-6-3-7-13-29)26-22-20(23(28)32)27-24(33-22)30-14-8-11-18(30)21(31)25-15-17-9-4-2-5-10-17/h2,4-5,9-10,18H,3,6-8,11-16H2,1H3,(H,25,31). The zero-order chi connectivity index (χ0) is 22.8. The van der Waals surface area contributed by atoms with E-state index in [1.54, 1.807) is 11.6 Å². The second-order valence-electron chi connectivity index (χ2n) is 8.93. The topological polar surface area (TPSA) is 83.4 Å². The van der Waals surface area contributed by atoms with Gasteiger partial charge in [0.25, 0.3) is 5.56 Å². The number of carbonyl (C=O) groups is 1. The number of benzene rings is 1. The molecule has 8 nitrogen and oxygen atoms in total. The van der Waals surface area contributed by atoms with Crippen LogP contribution in [0.2, 0.25) is 0 Å². The average molecular weight is 467 g/mol. The molecule has 1 amide bonds. The molecule has 2 aliphatic rings. The number of rotatable bonds is 6. The Morgan fingerprint density at radius 3 is 2.67 bits per heavy atom. The van der Waals surface area contributed by atoms with Crippen molar-refractivity contribution in [2.75, 3.05) is 24.5 Å². The van der Waals surface area contributed by atoms with E-state index < -0.39 is 0 Å². The predicted octanol–water partition coefficient (Wildman–Crippen LogP) is 2.66. The zero-order valence-electron chi connectivity index (χ0n) is 19.0. The van der Waals surface area contributed by atoms with E-state index in [0.29, 0.717) is 28.6 Å². The molecule has 174 valence electrons. The lowest BCUT2D eigenvalue weighted by molar-refractivity contribution is -0.122. The molecular formula is C24H30N6O2S. The molecule has 1 aromatic carbocycles. The monoisotopic (exact) mass is 466 g/mol. The van der Waals surface area contributed by atoms with Gasteiger partial charge in [-0.15, -0.1) is 0 Å². The van der Waals surface area contributed by atoms with Crippen molar-refractivity contribution in [2.24, 2.45) is 7.05 Å². The predicted molar refractivity (Wildman–Crippen MR) is 130 cm³/mol. The van der Waals surface area contributed by atoms with E-state index in [9.17, 15) is 9.59 Å². The van der Waals surface area contributed by atoms with Crippen molar-refractivity contribution in [2.45, 2.75) is 51.2 Å². The van der Waals surface area contributed by atoms with Crippen LogP contribution in [0.25, 0.3) is 10.3 Å². The molecule has 4 heterocycles. The normalized spacial score (nSPS) is 19.3. The van der Waals surface area contributed by atoms with Gasteiger partial charge in [0.05, 0.1) is 6.54 Å². The molecule has 2 saturated heterocycles. The van der Waals surface area contributed by atoms with E-state index >= 15 is 0 Å². The van der Waals surface area contributed by atoms with Crippen LogP contribution in [-0.4, -0.2) is 51.0 Å². The van der Waals surface area contributed by atoms with Crippen LogP contribution < -0.4 is 15.8 Å². The van der Waals surface area contributed by atoms with Crippen LogP contribution in [0.15, 0.2) is 35.1 Å². The molecule has 1 N–H and O–H groups in total. The van der Waals surface area contributed by atoms with Crippen LogP contribution in [0.3, 0.4) is 0 Å². The maximum Gasteiger partial charge on any atom is 0.280 e. The van der Waals surface area contributed by atoms with Crippen LogP contribution in [0, 0.1) is 0 Å².